The average molecular weight is 252 g/mol. The van der Waals surface area contributed by atoms with Crippen LogP contribution in [-0.4, -0.2) is 7.11 Å². The van der Waals surface area contributed by atoms with Crippen molar-refractivity contribution in [3.63, 3.8) is 0 Å². The van der Waals surface area contributed by atoms with Gasteiger partial charge in [0, 0.05) is 11.1 Å². The topological polar surface area (TPSA) is 18.5 Å². The number of fused-ring (bicyclic) bond motifs is 1. The van der Waals surface area contributed by atoms with Crippen molar-refractivity contribution in [2.75, 3.05) is 7.11 Å². The van der Waals surface area contributed by atoms with Gasteiger partial charge in [-0.05, 0) is 31.2 Å². The van der Waals surface area contributed by atoms with Crippen LogP contribution >= 0.6 is 0 Å². The lowest BCUT2D eigenvalue weighted by atomic mass is 9.92. The Labute approximate surface area is 113 Å². The molecule has 3 rings (SSSR count). The Hall–Kier alpha value is -2.22. The van der Waals surface area contributed by atoms with Gasteiger partial charge in [0.15, 0.2) is 0 Å². The molecule has 0 amide bonds. The molecule has 1 aliphatic heterocycles. The molecule has 0 saturated carbocycles. The minimum Gasteiger partial charge on any atom is -0.497 e. The van der Waals surface area contributed by atoms with Crippen LogP contribution in [0.25, 0.3) is 6.08 Å². The van der Waals surface area contributed by atoms with E-state index in [0.29, 0.717) is 0 Å². The molecular weight excluding hydrogens is 236 g/mol. The van der Waals surface area contributed by atoms with Gasteiger partial charge in [-0.25, -0.2) is 0 Å². The Morgan fingerprint density at radius 3 is 2.74 bits per heavy atom. The minimum atomic E-state index is -0.455. The van der Waals surface area contributed by atoms with E-state index in [1.165, 1.54) is 0 Å². The van der Waals surface area contributed by atoms with E-state index in [4.69, 9.17) is 9.47 Å². The van der Waals surface area contributed by atoms with Crippen LogP contribution in [0.3, 0.4) is 0 Å². The molecule has 0 saturated heterocycles. The molecule has 0 spiro atoms. The van der Waals surface area contributed by atoms with Gasteiger partial charge >= 0.3 is 0 Å². The zero-order valence-electron chi connectivity index (χ0n) is 11.1. The summed E-state index contributed by atoms with van der Waals surface area (Å²) in [5.74, 6) is 1.75. The zero-order valence-corrected chi connectivity index (χ0v) is 11.1. The summed E-state index contributed by atoms with van der Waals surface area (Å²) in [5, 5.41) is 0. The van der Waals surface area contributed by atoms with E-state index in [0.717, 1.165) is 22.6 Å². The van der Waals surface area contributed by atoms with Crippen molar-refractivity contribution in [3.05, 3.63) is 65.7 Å². The van der Waals surface area contributed by atoms with Crippen LogP contribution in [0.2, 0.25) is 0 Å². The number of rotatable bonds is 2. The van der Waals surface area contributed by atoms with E-state index < -0.39 is 5.60 Å². The Morgan fingerprint density at radius 1 is 1.05 bits per heavy atom. The number of para-hydroxylation sites is 1. The number of benzene rings is 2. The highest BCUT2D eigenvalue weighted by atomic mass is 16.5. The number of hydrogen-bond acceptors (Lipinski definition) is 2. The third-order valence-corrected chi connectivity index (χ3v) is 3.46. The van der Waals surface area contributed by atoms with E-state index in [2.05, 4.69) is 31.2 Å². The van der Waals surface area contributed by atoms with Gasteiger partial charge in [-0.3, -0.25) is 0 Å². The van der Waals surface area contributed by atoms with Gasteiger partial charge in [0.05, 0.1) is 7.11 Å². The molecule has 1 heterocycles. The van der Waals surface area contributed by atoms with Gasteiger partial charge in [-0.2, -0.15) is 0 Å². The van der Waals surface area contributed by atoms with Gasteiger partial charge in [-0.1, -0.05) is 36.4 Å². The highest BCUT2D eigenvalue weighted by Crippen LogP contribution is 2.37. The molecular formula is C17H16O2. The van der Waals surface area contributed by atoms with Crippen molar-refractivity contribution in [2.24, 2.45) is 0 Å². The Balaban J connectivity index is 2.01. The van der Waals surface area contributed by atoms with Gasteiger partial charge in [0.25, 0.3) is 0 Å². The van der Waals surface area contributed by atoms with Crippen LogP contribution in [-0.2, 0) is 5.60 Å². The quantitative estimate of drug-likeness (QED) is 0.803. The van der Waals surface area contributed by atoms with Crippen molar-refractivity contribution in [2.45, 2.75) is 12.5 Å². The first-order chi connectivity index (χ1) is 9.21. The maximum absolute atomic E-state index is 6.16. The summed E-state index contributed by atoms with van der Waals surface area (Å²) in [6.07, 6.45) is 4.20. The third-order valence-electron chi connectivity index (χ3n) is 3.46. The van der Waals surface area contributed by atoms with E-state index >= 15 is 0 Å². The maximum atomic E-state index is 6.16. The van der Waals surface area contributed by atoms with E-state index in [1.54, 1.807) is 7.11 Å². The van der Waals surface area contributed by atoms with Crippen LogP contribution in [0.4, 0.5) is 0 Å². The second-order valence-electron chi connectivity index (χ2n) is 4.81. The highest BCUT2D eigenvalue weighted by molar-refractivity contribution is 5.61. The Morgan fingerprint density at radius 2 is 1.89 bits per heavy atom. The highest BCUT2D eigenvalue weighted by Gasteiger charge is 2.29. The monoisotopic (exact) mass is 252 g/mol. The molecule has 0 fully saturated rings. The van der Waals surface area contributed by atoms with Gasteiger partial charge < -0.3 is 9.47 Å². The molecule has 1 atom stereocenters. The van der Waals surface area contributed by atoms with E-state index in [1.807, 2.05) is 36.4 Å². The second kappa shape index (κ2) is 4.47. The lowest BCUT2D eigenvalue weighted by Crippen LogP contribution is -2.29. The van der Waals surface area contributed by atoms with Gasteiger partial charge in [-0.15, -0.1) is 0 Å². The zero-order chi connectivity index (χ0) is 13.3. The SMILES string of the molecule is COc1cccc(C2(C)C=Cc3ccccc3O2)c1. The first kappa shape index (κ1) is 11.8. The Bertz CT molecular complexity index is 631. The molecule has 0 aromatic heterocycles. The predicted octanol–water partition coefficient (Wildman–Crippen LogP) is 4.02. The molecule has 1 aliphatic rings. The van der Waals surface area contributed by atoms with Crippen molar-refractivity contribution in [3.8, 4) is 11.5 Å². The smallest absolute Gasteiger partial charge is 0.150 e. The normalized spacial score (nSPS) is 20.5. The van der Waals surface area contributed by atoms with Crippen LogP contribution in [0.5, 0.6) is 11.5 Å². The first-order valence-electron chi connectivity index (χ1n) is 6.33. The molecule has 19 heavy (non-hydrogen) atoms. The molecule has 96 valence electrons. The molecule has 2 aromatic rings. The molecule has 2 aromatic carbocycles. The second-order valence-corrected chi connectivity index (χ2v) is 4.81. The maximum Gasteiger partial charge on any atom is 0.150 e. The summed E-state index contributed by atoms with van der Waals surface area (Å²) in [6.45, 7) is 2.06. The fourth-order valence-electron chi connectivity index (χ4n) is 2.31. The van der Waals surface area contributed by atoms with Crippen molar-refractivity contribution < 1.29 is 9.47 Å². The van der Waals surface area contributed by atoms with Crippen molar-refractivity contribution in [1.29, 1.82) is 0 Å². The summed E-state index contributed by atoms with van der Waals surface area (Å²) in [4.78, 5) is 0. The fraction of sp³-hybridized carbons (Fsp3) is 0.176. The fourth-order valence-corrected chi connectivity index (χ4v) is 2.31. The minimum absolute atomic E-state index is 0.455. The van der Waals surface area contributed by atoms with E-state index in [-0.39, 0.29) is 0 Å². The number of hydrogen-bond donors (Lipinski definition) is 0. The van der Waals surface area contributed by atoms with Crippen LogP contribution in [0, 0.1) is 0 Å². The first-order valence-corrected chi connectivity index (χ1v) is 6.33. The molecule has 0 bridgehead atoms. The van der Waals surface area contributed by atoms with Crippen LogP contribution in [0.15, 0.2) is 54.6 Å². The average Bonchev–Trinajstić information content (AvgIpc) is 2.47. The van der Waals surface area contributed by atoms with E-state index in [9.17, 15) is 0 Å². The molecule has 0 N–H and O–H groups in total. The lowest BCUT2D eigenvalue weighted by Gasteiger charge is -2.32. The van der Waals surface area contributed by atoms with Crippen LogP contribution < -0.4 is 9.47 Å². The Kier molecular flexibility index (Phi) is 2.79. The predicted molar refractivity (Wildman–Crippen MR) is 76.5 cm³/mol. The van der Waals surface area contributed by atoms with Gasteiger partial charge in [0.2, 0.25) is 0 Å². The summed E-state index contributed by atoms with van der Waals surface area (Å²) < 4.78 is 11.4. The largest absolute Gasteiger partial charge is 0.497 e. The summed E-state index contributed by atoms with van der Waals surface area (Å²) in [6, 6.07) is 16.0. The summed E-state index contributed by atoms with van der Waals surface area (Å²) in [5.41, 5.74) is 1.74. The summed E-state index contributed by atoms with van der Waals surface area (Å²) in [7, 11) is 1.67. The summed E-state index contributed by atoms with van der Waals surface area (Å²) >= 11 is 0. The van der Waals surface area contributed by atoms with Crippen LogP contribution in [0.1, 0.15) is 18.1 Å². The molecule has 2 nitrogen and oxygen atoms in total. The van der Waals surface area contributed by atoms with Crippen molar-refractivity contribution in [1.82, 2.24) is 0 Å². The third kappa shape index (κ3) is 2.10. The molecule has 0 radical (unpaired) electrons. The number of methoxy groups -OCH3 is 1. The molecule has 1 unspecified atom stereocenters. The lowest BCUT2D eigenvalue weighted by molar-refractivity contribution is 0.138. The molecule has 0 aliphatic carbocycles. The standard InChI is InChI=1S/C17H16O2/c1-17(14-7-5-8-15(12-14)18-2)11-10-13-6-3-4-9-16(13)19-17/h3-12H,1-2H3. The number of ether oxygens (including phenoxy) is 2. The van der Waals surface area contributed by atoms with Crippen molar-refractivity contribution >= 4 is 6.08 Å². The van der Waals surface area contributed by atoms with Gasteiger partial charge in [0.1, 0.15) is 17.1 Å². The molecule has 2 heteroatoms.